The van der Waals surface area contributed by atoms with Crippen LogP contribution in [0.3, 0.4) is 0 Å². The standard InChI is InChI=1S/C16H12F3NO2/c1-11-14(7-9-22-11)15(21)20-8-3-5-12-4-2-6-13(10-12)16(17,18)19/h2,4,6-7,9-10H,8H2,1H3,(H,20,21). The van der Waals surface area contributed by atoms with Crippen LogP contribution in [0.4, 0.5) is 13.2 Å². The van der Waals surface area contributed by atoms with Crippen LogP contribution in [0.2, 0.25) is 0 Å². The van der Waals surface area contributed by atoms with E-state index in [1.165, 1.54) is 24.5 Å². The van der Waals surface area contributed by atoms with Gasteiger partial charge in [-0.25, -0.2) is 0 Å². The molecule has 1 aromatic carbocycles. The number of furan rings is 1. The highest BCUT2D eigenvalue weighted by molar-refractivity contribution is 5.95. The predicted octanol–water partition coefficient (Wildman–Crippen LogP) is 3.39. The van der Waals surface area contributed by atoms with Crippen LogP contribution < -0.4 is 5.32 Å². The molecule has 1 heterocycles. The predicted molar refractivity (Wildman–Crippen MR) is 74.1 cm³/mol. The molecule has 0 aliphatic carbocycles. The van der Waals surface area contributed by atoms with Gasteiger partial charge in [0.25, 0.3) is 5.91 Å². The third-order valence-electron chi connectivity index (χ3n) is 2.86. The van der Waals surface area contributed by atoms with E-state index < -0.39 is 11.7 Å². The summed E-state index contributed by atoms with van der Waals surface area (Å²) in [6, 6.07) is 6.25. The molecule has 3 nitrogen and oxygen atoms in total. The lowest BCUT2D eigenvalue weighted by atomic mass is 10.1. The highest BCUT2D eigenvalue weighted by Gasteiger charge is 2.30. The maximum Gasteiger partial charge on any atom is 0.416 e. The van der Waals surface area contributed by atoms with E-state index in [1.807, 2.05) is 0 Å². The van der Waals surface area contributed by atoms with Crippen LogP contribution in [0.5, 0.6) is 0 Å². The summed E-state index contributed by atoms with van der Waals surface area (Å²) in [5.41, 5.74) is -0.109. The number of rotatable bonds is 2. The van der Waals surface area contributed by atoms with E-state index in [0.717, 1.165) is 12.1 Å². The third kappa shape index (κ3) is 3.92. The van der Waals surface area contributed by atoms with Gasteiger partial charge in [0.15, 0.2) is 0 Å². The quantitative estimate of drug-likeness (QED) is 0.864. The van der Waals surface area contributed by atoms with E-state index in [0.29, 0.717) is 11.3 Å². The maximum absolute atomic E-state index is 12.5. The molecular formula is C16H12F3NO2. The molecular weight excluding hydrogens is 295 g/mol. The Morgan fingerprint density at radius 1 is 1.32 bits per heavy atom. The number of alkyl halides is 3. The average Bonchev–Trinajstić information content (AvgIpc) is 2.89. The maximum atomic E-state index is 12.5. The van der Waals surface area contributed by atoms with Crippen molar-refractivity contribution in [2.75, 3.05) is 6.54 Å². The summed E-state index contributed by atoms with van der Waals surface area (Å²) in [4.78, 5) is 11.7. The number of hydrogen-bond acceptors (Lipinski definition) is 2. The molecule has 0 aliphatic heterocycles. The van der Waals surface area contributed by atoms with Crippen molar-refractivity contribution in [3.63, 3.8) is 0 Å². The Morgan fingerprint density at radius 3 is 2.73 bits per heavy atom. The molecule has 0 fully saturated rings. The SMILES string of the molecule is Cc1occc1C(=O)NCC#Cc1cccc(C(F)(F)F)c1. The highest BCUT2D eigenvalue weighted by Crippen LogP contribution is 2.29. The molecule has 0 radical (unpaired) electrons. The number of benzene rings is 1. The Balaban J connectivity index is 1.97. The van der Waals surface area contributed by atoms with Crippen molar-refractivity contribution in [1.82, 2.24) is 5.32 Å². The van der Waals surface area contributed by atoms with Gasteiger partial charge in [-0.3, -0.25) is 4.79 Å². The van der Waals surface area contributed by atoms with Crippen molar-refractivity contribution in [3.8, 4) is 11.8 Å². The molecule has 1 N–H and O–H groups in total. The number of hydrogen-bond donors (Lipinski definition) is 1. The molecule has 0 saturated heterocycles. The summed E-state index contributed by atoms with van der Waals surface area (Å²) in [6.45, 7) is 1.68. The fraction of sp³-hybridized carbons (Fsp3) is 0.188. The third-order valence-corrected chi connectivity index (χ3v) is 2.86. The zero-order chi connectivity index (χ0) is 16.2. The molecule has 1 aromatic heterocycles. The van der Waals surface area contributed by atoms with Crippen LogP contribution in [0.25, 0.3) is 0 Å². The van der Waals surface area contributed by atoms with Crippen molar-refractivity contribution in [1.29, 1.82) is 0 Å². The van der Waals surface area contributed by atoms with Crippen molar-refractivity contribution in [3.05, 3.63) is 59.0 Å². The number of carbonyl (C=O) groups excluding carboxylic acids is 1. The summed E-state index contributed by atoms with van der Waals surface area (Å²) >= 11 is 0. The summed E-state index contributed by atoms with van der Waals surface area (Å²) < 4.78 is 42.6. The smallest absolute Gasteiger partial charge is 0.416 e. The van der Waals surface area contributed by atoms with Gasteiger partial charge < -0.3 is 9.73 Å². The van der Waals surface area contributed by atoms with Gasteiger partial charge in [-0.15, -0.1) is 0 Å². The molecule has 22 heavy (non-hydrogen) atoms. The van der Waals surface area contributed by atoms with Gasteiger partial charge in [0.1, 0.15) is 5.76 Å². The fourth-order valence-corrected chi connectivity index (χ4v) is 1.76. The van der Waals surface area contributed by atoms with E-state index in [1.54, 1.807) is 6.92 Å². The van der Waals surface area contributed by atoms with Gasteiger partial charge >= 0.3 is 6.18 Å². The molecule has 0 atom stereocenters. The highest BCUT2D eigenvalue weighted by atomic mass is 19.4. The zero-order valence-electron chi connectivity index (χ0n) is 11.6. The van der Waals surface area contributed by atoms with Gasteiger partial charge in [-0.05, 0) is 31.2 Å². The van der Waals surface area contributed by atoms with Gasteiger partial charge in [0.2, 0.25) is 0 Å². The first-order valence-corrected chi connectivity index (χ1v) is 6.36. The minimum absolute atomic E-state index is 0.0275. The van der Waals surface area contributed by atoms with Gasteiger partial charge in [0, 0.05) is 5.56 Å². The van der Waals surface area contributed by atoms with Crippen molar-refractivity contribution in [2.45, 2.75) is 13.1 Å². The van der Waals surface area contributed by atoms with Gasteiger partial charge in [-0.1, -0.05) is 17.9 Å². The van der Waals surface area contributed by atoms with Crippen molar-refractivity contribution < 1.29 is 22.4 Å². The first-order chi connectivity index (χ1) is 10.4. The molecule has 0 unspecified atom stereocenters. The van der Waals surface area contributed by atoms with Gasteiger partial charge in [-0.2, -0.15) is 13.2 Å². The summed E-state index contributed by atoms with van der Waals surface area (Å²) in [5.74, 6) is 5.34. The molecule has 2 aromatic rings. The largest absolute Gasteiger partial charge is 0.469 e. The average molecular weight is 307 g/mol. The lowest BCUT2D eigenvalue weighted by Gasteiger charge is -2.05. The van der Waals surface area contributed by atoms with Crippen LogP contribution in [0.1, 0.15) is 27.2 Å². The van der Waals surface area contributed by atoms with E-state index in [2.05, 4.69) is 17.2 Å². The van der Waals surface area contributed by atoms with Crippen LogP contribution in [0.15, 0.2) is 41.0 Å². The molecule has 0 saturated carbocycles. The first-order valence-electron chi connectivity index (χ1n) is 6.36. The van der Waals surface area contributed by atoms with Crippen LogP contribution in [-0.4, -0.2) is 12.5 Å². The van der Waals surface area contributed by atoms with Crippen LogP contribution >= 0.6 is 0 Å². The summed E-state index contributed by atoms with van der Waals surface area (Å²) in [5, 5.41) is 2.55. The summed E-state index contributed by atoms with van der Waals surface area (Å²) in [6.07, 6.45) is -3.00. The minimum atomic E-state index is -4.40. The molecule has 6 heteroatoms. The summed E-state index contributed by atoms with van der Waals surface area (Å²) in [7, 11) is 0. The number of amides is 1. The second kappa shape index (κ2) is 6.39. The minimum Gasteiger partial charge on any atom is -0.469 e. The number of carbonyl (C=O) groups is 1. The van der Waals surface area contributed by atoms with Gasteiger partial charge in [0.05, 0.1) is 23.9 Å². The van der Waals surface area contributed by atoms with E-state index >= 15 is 0 Å². The lowest BCUT2D eigenvalue weighted by molar-refractivity contribution is -0.137. The molecule has 2 rings (SSSR count). The van der Waals surface area contributed by atoms with E-state index in [4.69, 9.17) is 4.42 Å². The van der Waals surface area contributed by atoms with E-state index in [-0.39, 0.29) is 18.0 Å². The molecule has 114 valence electrons. The lowest BCUT2D eigenvalue weighted by Crippen LogP contribution is -2.23. The normalized spacial score (nSPS) is 10.7. The Bertz CT molecular complexity index is 736. The Morgan fingerprint density at radius 2 is 2.09 bits per heavy atom. The topological polar surface area (TPSA) is 42.2 Å². The first kappa shape index (κ1) is 15.7. The Labute approximate surface area is 125 Å². The number of halogens is 3. The Hall–Kier alpha value is -2.68. The monoisotopic (exact) mass is 307 g/mol. The van der Waals surface area contributed by atoms with Crippen molar-refractivity contribution >= 4 is 5.91 Å². The van der Waals surface area contributed by atoms with Crippen LogP contribution in [-0.2, 0) is 6.18 Å². The van der Waals surface area contributed by atoms with E-state index in [9.17, 15) is 18.0 Å². The zero-order valence-corrected chi connectivity index (χ0v) is 11.6. The molecule has 0 aliphatic rings. The van der Waals surface area contributed by atoms with Crippen LogP contribution in [0, 0.1) is 18.8 Å². The molecule has 0 spiro atoms. The molecule has 0 bridgehead atoms. The second-order valence-corrected chi connectivity index (χ2v) is 4.45. The number of nitrogens with one attached hydrogen (secondary N) is 1. The Kier molecular flexibility index (Phi) is 4.56. The van der Waals surface area contributed by atoms with Crippen molar-refractivity contribution in [2.24, 2.45) is 0 Å². The fourth-order valence-electron chi connectivity index (χ4n) is 1.76. The number of aryl methyl sites for hydroxylation is 1. The molecule has 1 amide bonds. The second-order valence-electron chi connectivity index (χ2n) is 4.45.